The average Bonchev–Trinajstić information content (AvgIpc) is 3.06. The number of ketones is 1. The molecule has 1 aliphatic heterocycles. The highest BCUT2D eigenvalue weighted by Gasteiger charge is 2.21. The number of ether oxygens (including phenoxy) is 1. The second-order valence-corrected chi connectivity index (χ2v) is 5.74. The second-order valence-electron chi connectivity index (χ2n) is 5.74. The lowest BCUT2D eigenvalue weighted by molar-refractivity contribution is -0.117. The van der Waals surface area contributed by atoms with Gasteiger partial charge in [-0.3, -0.25) is 14.6 Å². The van der Waals surface area contributed by atoms with Gasteiger partial charge in [-0.1, -0.05) is 0 Å². The van der Waals surface area contributed by atoms with Crippen LogP contribution in [0.3, 0.4) is 0 Å². The zero-order valence-corrected chi connectivity index (χ0v) is 13.8. The molecule has 0 saturated carbocycles. The Balaban J connectivity index is 1.58. The Morgan fingerprint density at radius 3 is 2.52 bits per heavy atom. The summed E-state index contributed by atoms with van der Waals surface area (Å²) in [7, 11) is 0. The van der Waals surface area contributed by atoms with Crippen LogP contribution in [-0.4, -0.2) is 40.8 Å². The Morgan fingerprint density at radius 1 is 1.16 bits per heavy atom. The Bertz CT molecular complexity index is 800. The first kappa shape index (κ1) is 16.8. The molecule has 1 saturated heterocycles. The number of rotatable bonds is 5. The Kier molecular flexibility index (Phi) is 4.83. The molecule has 128 valence electrons. The van der Waals surface area contributed by atoms with Gasteiger partial charge in [-0.2, -0.15) is 0 Å². The molecule has 3 rings (SSSR count). The number of Topliss-reactive ketones (excluding diaryl/α,β-unsaturated/α-hetero) is 1. The number of aryl methyl sites for hydroxylation is 1. The average molecular weight is 339 g/mol. The maximum absolute atomic E-state index is 12.1. The number of anilines is 1. The van der Waals surface area contributed by atoms with E-state index in [0.29, 0.717) is 24.2 Å². The number of amides is 1. The molecule has 0 N–H and O–H groups in total. The summed E-state index contributed by atoms with van der Waals surface area (Å²) in [5.41, 5.74) is 1.93. The van der Waals surface area contributed by atoms with Gasteiger partial charge in [0.05, 0.1) is 11.9 Å². The molecule has 25 heavy (non-hydrogen) atoms. The van der Waals surface area contributed by atoms with E-state index in [1.165, 1.54) is 12.4 Å². The molecule has 1 aliphatic rings. The predicted molar refractivity (Wildman–Crippen MR) is 89.4 cm³/mol. The number of carbonyl (C=O) groups is 3. The van der Waals surface area contributed by atoms with E-state index in [0.717, 1.165) is 12.1 Å². The lowest BCUT2D eigenvalue weighted by Crippen LogP contribution is -2.23. The molecule has 0 spiro atoms. The van der Waals surface area contributed by atoms with Crippen LogP contribution in [0, 0.1) is 6.92 Å². The molecule has 0 unspecified atom stereocenters. The Labute approximate surface area is 144 Å². The van der Waals surface area contributed by atoms with Gasteiger partial charge < -0.3 is 9.64 Å². The fourth-order valence-corrected chi connectivity index (χ4v) is 2.53. The van der Waals surface area contributed by atoms with Crippen molar-refractivity contribution in [3.8, 4) is 0 Å². The normalized spacial score (nSPS) is 13.8. The molecule has 0 radical (unpaired) electrons. The van der Waals surface area contributed by atoms with E-state index in [2.05, 4.69) is 9.97 Å². The molecular formula is C18H17N3O4. The lowest BCUT2D eigenvalue weighted by Gasteiger charge is -2.15. The van der Waals surface area contributed by atoms with Crippen molar-refractivity contribution in [2.24, 2.45) is 0 Å². The number of hydrogen-bond acceptors (Lipinski definition) is 6. The van der Waals surface area contributed by atoms with Gasteiger partial charge in [0, 0.05) is 30.4 Å². The van der Waals surface area contributed by atoms with Crippen LogP contribution in [-0.2, 0) is 9.53 Å². The molecule has 7 nitrogen and oxygen atoms in total. The highest BCUT2D eigenvalue weighted by Crippen LogP contribution is 2.21. The van der Waals surface area contributed by atoms with Crippen molar-refractivity contribution in [2.45, 2.75) is 19.8 Å². The molecule has 1 aromatic carbocycles. The molecular weight excluding hydrogens is 322 g/mol. The van der Waals surface area contributed by atoms with Crippen LogP contribution in [0.1, 0.15) is 39.4 Å². The van der Waals surface area contributed by atoms with Gasteiger partial charge in [0.15, 0.2) is 18.1 Å². The van der Waals surface area contributed by atoms with E-state index in [9.17, 15) is 14.4 Å². The smallest absolute Gasteiger partial charge is 0.358 e. The summed E-state index contributed by atoms with van der Waals surface area (Å²) in [5, 5.41) is 0. The Hall–Kier alpha value is -3.09. The van der Waals surface area contributed by atoms with Crippen molar-refractivity contribution in [1.82, 2.24) is 9.97 Å². The first-order valence-corrected chi connectivity index (χ1v) is 7.94. The van der Waals surface area contributed by atoms with Gasteiger partial charge in [-0.25, -0.2) is 9.78 Å². The van der Waals surface area contributed by atoms with Crippen LogP contribution in [0.5, 0.6) is 0 Å². The minimum absolute atomic E-state index is 0.0568. The van der Waals surface area contributed by atoms with Crippen LogP contribution >= 0.6 is 0 Å². The van der Waals surface area contributed by atoms with Crippen molar-refractivity contribution in [1.29, 1.82) is 0 Å². The van der Waals surface area contributed by atoms with E-state index < -0.39 is 5.97 Å². The van der Waals surface area contributed by atoms with Crippen molar-refractivity contribution >= 4 is 23.3 Å². The standard InChI is InChI=1S/C18H17N3O4/c1-12-9-20-15(10-19-12)18(24)25-11-16(22)13-4-6-14(7-5-13)21-8-2-3-17(21)23/h4-7,9-10H,2-3,8,11H2,1H3. The summed E-state index contributed by atoms with van der Waals surface area (Å²) in [4.78, 5) is 45.3. The zero-order chi connectivity index (χ0) is 17.8. The van der Waals surface area contributed by atoms with Gasteiger partial charge in [0.1, 0.15) is 0 Å². The first-order chi connectivity index (χ1) is 12.0. The van der Waals surface area contributed by atoms with Gasteiger partial charge in [0.2, 0.25) is 5.91 Å². The SMILES string of the molecule is Cc1cnc(C(=O)OCC(=O)c2ccc(N3CCCC3=O)cc2)cn1. The third-order valence-electron chi connectivity index (χ3n) is 3.90. The minimum Gasteiger partial charge on any atom is -0.453 e. The van der Waals surface area contributed by atoms with Gasteiger partial charge in [0.25, 0.3) is 0 Å². The summed E-state index contributed by atoms with van der Waals surface area (Å²) >= 11 is 0. The number of nitrogens with zero attached hydrogens (tertiary/aromatic N) is 3. The third kappa shape index (κ3) is 3.88. The van der Waals surface area contributed by atoms with Crippen molar-refractivity contribution in [3.63, 3.8) is 0 Å². The van der Waals surface area contributed by atoms with E-state index in [-0.39, 0.29) is 24.0 Å². The summed E-state index contributed by atoms with van der Waals surface area (Å²) in [6, 6.07) is 6.71. The number of carbonyl (C=O) groups excluding carboxylic acids is 3. The summed E-state index contributed by atoms with van der Waals surface area (Å²) in [6.45, 7) is 2.07. The minimum atomic E-state index is -0.694. The topological polar surface area (TPSA) is 89.5 Å². The molecule has 1 aromatic heterocycles. The van der Waals surface area contributed by atoms with Crippen LogP contribution < -0.4 is 4.90 Å². The van der Waals surface area contributed by atoms with Crippen LogP contribution in [0.25, 0.3) is 0 Å². The number of hydrogen-bond donors (Lipinski definition) is 0. The highest BCUT2D eigenvalue weighted by molar-refractivity contribution is 6.00. The quantitative estimate of drug-likeness (QED) is 0.611. The van der Waals surface area contributed by atoms with E-state index in [1.54, 1.807) is 36.1 Å². The lowest BCUT2D eigenvalue weighted by atomic mass is 10.1. The molecule has 1 amide bonds. The maximum Gasteiger partial charge on any atom is 0.358 e. The van der Waals surface area contributed by atoms with E-state index >= 15 is 0 Å². The van der Waals surface area contributed by atoms with Crippen LogP contribution in [0.15, 0.2) is 36.7 Å². The molecule has 7 heteroatoms. The summed E-state index contributed by atoms with van der Waals surface area (Å²) in [6.07, 6.45) is 4.16. The molecule has 2 heterocycles. The molecule has 2 aromatic rings. The third-order valence-corrected chi connectivity index (χ3v) is 3.90. The van der Waals surface area contributed by atoms with E-state index in [1.807, 2.05) is 0 Å². The van der Waals surface area contributed by atoms with Gasteiger partial charge >= 0.3 is 5.97 Å². The first-order valence-electron chi connectivity index (χ1n) is 7.94. The molecule has 0 bridgehead atoms. The summed E-state index contributed by atoms with van der Waals surface area (Å²) < 4.78 is 4.98. The second kappa shape index (κ2) is 7.21. The van der Waals surface area contributed by atoms with Gasteiger partial charge in [-0.05, 0) is 37.6 Å². The molecule has 0 aliphatic carbocycles. The molecule has 1 fully saturated rings. The summed E-state index contributed by atoms with van der Waals surface area (Å²) in [5.74, 6) is -0.930. The monoisotopic (exact) mass is 339 g/mol. The Morgan fingerprint density at radius 2 is 1.92 bits per heavy atom. The van der Waals surface area contributed by atoms with Crippen molar-refractivity contribution < 1.29 is 19.1 Å². The van der Waals surface area contributed by atoms with Crippen molar-refractivity contribution in [3.05, 3.63) is 53.6 Å². The highest BCUT2D eigenvalue weighted by atomic mass is 16.5. The van der Waals surface area contributed by atoms with Crippen LogP contribution in [0.4, 0.5) is 5.69 Å². The zero-order valence-electron chi connectivity index (χ0n) is 13.8. The predicted octanol–water partition coefficient (Wildman–Crippen LogP) is 1.95. The maximum atomic E-state index is 12.1. The number of benzene rings is 1. The number of aromatic nitrogens is 2. The van der Waals surface area contributed by atoms with Crippen LogP contribution in [0.2, 0.25) is 0 Å². The van der Waals surface area contributed by atoms with Gasteiger partial charge in [-0.15, -0.1) is 0 Å². The fraction of sp³-hybridized carbons (Fsp3) is 0.278. The largest absolute Gasteiger partial charge is 0.453 e. The molecule has 0 atom stereocenters. The van der Waals surface area contributed by atoms with E-state index in [4.69, 9.17) is 4.74 Å². The fourth-order valence-electron chi connectivity index (χ4n) is 2.53. The number of esters is 1. The van der Waals surface area contributed by atoms with Crippen molar-refractivity contribution in [2.75, 3.05) is 18.1 Å².